The highest BCUT2D eigenvalue weighted by atomic mass is 79.9. The number of nitrogens with one attached hydrogen (secondary N) is 2. The van der Waals surface area contributed by atoms with Crippen molar-refractivity contribution in [2.24, 2.45) is 11.8 Å². The Hall–Kier alpha value is -1.30. The highest BCUT2D eigenvalue weighted by molar-refractivity contribution is 9.10. The summed E-state index contributed by atoms with van der Waals surface area (Å²) in [5.41, 5.74) is 0.478. The standard InChI is InChI=1S/C12H15BrN2O3/c13-8-4-10(14-6-8)11(16)15-5-7-2-1-3-9(7)12(17)18/h4,6-7,9,14H,1-3,5H2,(H,15,16)(H,17,18). The maximum Gasteiger partial charge on any atom is 0.306 e. The maximum absolute atomic E-state index is 11.8. The molecule has 0 radical (unpaired) electrons. The molecule has 0 bridgehead atoms. The fourth-order valence-electron chi connectivity index (χ4n) is 2.42. The van der Waals surface area contributed by atoms with Crippen molar-refractivity contribution in [1.29, 1.82) is 0 Å². The Morgan fingerprint density at radius 1 is 1.50 bits per heavy atom. The Bertz CT molecular complexity index is 458. The fraction of sp³-hybridized carbons (Fsp3) is 0.500. The number of H-pyrrole nitrogens is 1. The number of halogens is 1. The average Bonchev–Trinajstić information content (AvgIpc) is 2.94. The molecule has 98 valence electrons. The quantitative estimate of drug-likeness (QED) is 0.795. The summed E-state index contributed by atoms with van der Waals surface area (Å²) in [4.78, 5) is 25.6. The van der Waals surface area contributed by atoms with E-state index in [1.165, 1.54) is 0 Å². The van der Waals surface area contributed by atoms with Gasteiger partial charge in [-0.3, -0.25) is 9.59 Å². The summed E-state index contributed by atoms with van der Waals surface area (Å²) in [6, 6.07) is 1.69. The Balaban J connectivity index is 1.88. The largest absolute Gasteiger partial charge is 0.481 e. The first-order chi connectivity index (χ1) is 8.58. The van der Waals surface area contributed by atoms with E-state index < -0.39 is 5.97 Å². The first kappa shape index (κ1) is 13.1. The Kier molecular flexibility index (Phi) is 4.06. The van der Waals surface area contributed by atoms with Crippen LogP contribution in [-0.2, 0) is 4.79 Å². The van der Waals surface area contributed by atoms with E-state index in [0.717, 1.165) is 17.3 Å². The third-order valence-corrected chi connectivity index (χ3v) is 3.85. The van der Waals surface area contributed by atoms with Gasteiger partial charge in [0.1, 0.15) is 5.69 Å². The highest BCUT2D eigenvalue weighted by Gasteiger charge is 2.32. The predicted molar refractivity (Wildman–Crippen MR) is 69.3 cm³/mol. The zero-order valence-electron chi connectivity index (χ0n) is 9.78. The number of aromatic amines is 1. The Labute approximate surface area is 113 Å². The minimum atomic E-state index is -0.755. The number of hydrogen-bond acceptors (Lipinski definition) is 2. The molecule has 1 saturated carbocycles. The Morgan fingerprint density at radius 2 is 2.28 bits per heavy atom. The van der Waals surface area contributed by atoms with Gasteiger partial charge in [-0.05, 0) is 40.8 Å². The molecule has 2 unspecified atom stereocenters. The summed E-state index contributed by atoms with van der Waals surface area (Å²) in [5, 5.41) is 11.8. The van der Waals surface area contributed by atoms with Gasteiger partial charge in [-0.2, -0.15) is 0 Å². The number of aromatic nitrogens is 1. The van der Waals surface area contributed by atoms with Crippen LogP contribution in [-0.4, -0.2) is 28.5 Å². The molecule has 3 N–H and O–H groups in total. The first-order valence-electron chi connectivity index (χ1n) is 5.93. The van der Waals surface area contributed by atoms with Crippen LogP contribution in [0, 0.1) is 11.8 Å². The number of carboxylic acid groups (broad SMARTS) is 1. The van der Waals surface area contributed by atoms with Crippen molar-refractivity contribution < 1.29 is 14.7 Å². The molecule has 0 aliphatic heterocycles. The summed E-state index contributed by atoms with van der Waals surface area (Å²) < 4.78 is 0.817. The average molecular weight is 315 g/mol. The molecule has 18 heavy (non-hydrogen) atoms. The van der Waals surface area contributed by atoms with Gasteiger partial charge in [0.05, 0.1) is 5.92 Å². The topological polar surface area (TPSA) is 82.2 Å². The summed E-state index contributed by atoms with van der Waals surface area (Å²) in [6.45, 7) is 0.423. The SMILES string of the molecule is O=C(NCC1CCCC1C(=O)O)c1cc(Br)c[nH]1. The van der Waals surface area contributed by atoms with Gasteiger partial charge >= 0.3 is 5.97 Å². The molecule has 2 rings (SSSR count). The molecule has 1 heterocycles. The van der Waals surface area contributed by atoms with E-state index in [1.54, 1.807) is 12.3 Å². The second-order valence-electron chi connectivity index (χ2n) is 4.58. The van der Waals surface area contributed by atoms with Crippen LogP contribution in [0.25, 0.3) is 0 Å². The van der Waals surface area contributed by atoms with Crippen LogP contribution < -0.4 is 5.32 Å². The number of amides is 1. The van der Waals surface area contributed by atoms with Gasteiger partial charge in [-0.15, -0.1) is 0 Å². The summed E-state index contributed by atoms with van der Waals surface area (Å²) in [5.74, 6) is -1.23. The molecular formula is C12H15BrN2O3. The van der Waals surface area contributed by atoms with Gasteiger partial charge in [0, 0.05) is 17.2 Å². The highest BCUT2D eigenvalue weighted by Crippen LogP contribution is 2.31. The fourth-order valence-corrected chi connectivity index (χ4v) is 2.77. The molecule has 1 amide bonds. The van der Waals surface area contributed by atoms with Crippen LogP contribution in [0.2, 0.25) is 0 Å². The third kappa shape index (κ3) is 2.93. The summed E-state index contributed by atoms with van der Waals surface area (Å²) in [6.07, 6.45) is 4.19. The lowest BCUT2D eigenvalue weighted by Gasteiger charge is -2.15. The van der Waals surface area contributed by atoms with Crippen LogP contribution in [0.1, 0.15) is 29.8 Å². The molecule has 1 fully saturated rings. The molecule has 2 atom stereocenters. The van der Waals surface area contributed by atoms with E-state index in [9.17, 15) is 9.59 Å². The zero-order chi connectivity index (χ0) is 13.1. The van der Waals surface area contributed by atoms with E-state index in [0.29, 0.717) is 18.7 Å². The number of carboxylic acids is 1. The van der Waals surface area contributed by atoms with Crippen molar-refractivity contribution in [3.05, 3.63) is 22.4 Å². The molecule has 0 aromatic carbocycles. The number of rotatable bonds is 4. The maximum atomic E-state index is 11.8. The molecule has 5 nitrogen and oxygen atoms in total. The summed E-state index contributed by atoms with van der Waals surface area (Å²) in [7, 11) is 0. The van der Waals surface area contributed by atoms with Crippen molar-refractivity contribution in [2.75, 3.05) is 6.54 Å². The minimum Gasteiger partial charge on any atom is -0.481 e. The van der Waals surface area contributed by atoms with Crippen molar-refractivity contribution >= 4 is 27.8 Å². The lowest BCUT2D eigenvalue weighted by Crippen LogP contribution is -2.33. The lowest BCUT2D eigenvalue weighted by atomic mass is 9.96. The number of carbonyl (C=O) groups excluding carboxylic acids is 1. The molecule has 0 spiro atoms. The molecule has 1 aliphatic rings. The normalized spacial score (nSPS) is 22.9. The monoisotopic (exact) mass is 314 g/mol. The molecule has 1 aromatic heterocycles. The minimum absolute atomic E-state index is 0.0462. The van der Waals surface area contributed by atoms with Gasteiger partial charge in [0.25, 0.3) is 5.91 Å². The van der Waals surface area contributed by atoms with Crippen LogP contribution in [0.3, 0.4) is 0 Å². The van der Waals surface area contributed by atoms with Gasteiger partial charge in [0.2, 0.25) is 0 Å². The molecule has 0 saturated heterocycles. The van der Waals surface area contributed by atoms with E-state index in [4.69, 9.17) is 5.11 Å². The van der Waals surface area contributed by atoms with Crippen LogP contribution >= 0.6 is 15.9 Å². The van der Waals surface area contributed by atoms with Crippen molar-refractivity contribution in [3.8, 4) is 0 Å². The van der Waals surface area contributed by atoms with Crippen LogP contribution in [0.5, 0.6) is 0 Å². The van der Waals surface area contributed by atoms with Crippen molar-refractivity contribution in [1.82, 2.24) is 10.3 Å². The van der Waals surface area contributed by atoms with Gasteiger partial charge < -0.3 is 15.4 Å². The van der Waals surface area contributed by atoms with E-state index in [1.807, 2.05) is 0 Å². The van der Waals surface area contributed by atoms with E-state index in [2.05, 4.69) is 26.2 Å². The van der Waals surface area contributed by atoms with Crippen molar-refractivity contribution in [3.63, 3.8) is 0 Å². The second-order valence-corrected chi connectivity index (χ2v) is 5.49. The third-order valence-electron chi connectivity index (χ3n) is 3.39. The van der Waals surface area contributed by atoms with Gasteiger partial charge in [-0.1, -0.05) is 6.42 Å². The summed E-state index contributed by atoms with van der Waals surface area (Å²) >= 11 is 3.26. The molecular weight excluding hydrogens is 300 g/mol. The number of hydrogen-bond donors (Lipinski definition) is 3. The molecule has 1 aliphatic carbocycles. The van der Waals surface area contributed by atoms with E-state index in [-0.39, 0.29) is 17.7 Å². The number of carbonyl (C=O) groups is 2. The smallest absolute Gasteiger partial charge is 0.306 e. The molecule has 6 heteroatoms. The van der Waals surface area contributed by atoms with Crippen molar-refractivity contribution in [2.45, 2.75) is 19.3 Å². The zero-order valence-corrected chi connectivity index (χ0v) is 11.4. The van der Waals surface area contributed by atoms with E-state index >= 15 is 0 Å². The second kappa shape index (κ2) is 5.56. The molecule has 1 aromatic rings. The van der Waals surface area contributed by atoms with Gasteiger partial charge in [-0.25, -0.2) is 0 Å². The van der Waals surface area contributed by atoms with Gasteiger partial charge in [0.15, 0.2) is 0 Å². The van der Waals surface area contributed by atoms with Crippen LogP contribution in [0.4, 0.5) is 0 Å². The lowest BCUT2D eigenvalue weighted by molar-refractivity contribution is -0.142. The number of aliphatic carboxylic acids is 1. The Morgan fingerprint density at radius 3 is 2.89 bits per heavy atom. The first-order valence-corrected chi connectivity index (χ1v) is 6.72. The predicted octanol–water partition coefficient (Wildman–Crippen LogP) is 2.01. The van der Waals surface area contributed by atoms with Crippen LogP contribution in [0.15, 0.2) is 16.7 Å².